The van der Waals surface area contributed by atoms with Crippen molar-refractivity contribution in [3.05, 3.63) is 46.5 Å². The summed E-state index contributed by atoms with van der Waals surface area (Å²) in [6.07, 6.45) is 1.79. The second-order valence-electron chi connectivity index (χ2n) is 4.49. The summed E-state index contributed by atoms with van der Waals surface area (Å²) in [5.41, 5.74) is 0.579. The SMILES string of the molecule is O=C(O)c1c(C2CC2)nn(-c2ccccc2F)c1Cl. The first-order chi connectivity index (χ1) is 9.09. The van der Waals surface area contributed by atoms with E-state index in [1.54, 1.807) is 12.1 Å². The lowest BCUT2D eigenvalue weighted by Gasteiger charge is -2.03. The number of aromatic nitrogens is 2. The summed E-state index contributed by atoms with van der Waals surface area (Å²) in [4.78, 5) is 11.3. The van der Waals surface area contributed by atoms with Crippen molar-refractivity contribution >= 4 is 17.6 Å². The lowest BCUT2D eigenvalue weighted by Crippen LogP contribution is -2.01. The van der Waals surface area contributed by atoms with Crippen LogP contribution in [0.4, 0.5) is 4.39 Å². The van der Waals surface area contributed by atoms with E-state index in [0.717, 1.165) is 17.5 Å². The van der Waals surface area contributed by atoms with E-state index in [9.17, 15) is 14.3 Å². The van der Waals surface area contributed by atoms with Crippen LogP contribution in [0.5, 0.6) is 0 Å². The number of aromatic carboxylic acids is 1. The van der Waals surface area contributed by atoms with E-state index in [0.29, 0.717) is 5.69 Å². The van der Waals surface area contributed by atoms with Gasteiger partial charge in [-0.05, 0) is 25.0 Å². The molecule has 0 bridgehead atoms. The van der Waals surface area contributed by atoms with Crippen molar-refractivity contribution in [2.75, 3.05) is 0 Å². The van der Waals surface area contributed by atoms with Gasteiger partial charge in [0.25, 0.3) is 0 Å². The van der Waals surface area contributed by atoms with Gasteiger partial charge in [-0.2, -0.15) is 5.10 Å². The van der Waals surface area contributed by atoms with Gasteiger partial charge in [-0.3, -0.25) is 0 Å². The van der Waals surface area contributed by atoms with Gasteiger partial charge in [0.1, 0.15) is 22.2 Å². The monoisotopic (exact) mass is 280 g/mol. The van der Waals surface area contributed by atoms with E-state index in [2.05, 4.69) is 5.10 Å². The van der Waals surface area contributed by atoms with Crippen LogP contribution in [0.2, 0.25) is 5.15 Å². The molecule has 1 fully saturated rings. The Morgan fingerprint density at radius 2 is 2.11 bits per heavy atom. The summed E-state index contributed by atoms with van der Waals surface area (Å²) in [5, 5.41) is 13.4. The number of rotatable bonds is 3. The molecule has 1 aromatic heterocycles. The Balaban J connectivity index is 2.20. The molecule has 0 atom stereocenters. The van der Waals surface area contributed by atoms with Crippen molar-refractivity contribution < 1.29 is 14.3 Å². The summed E-state index contributed by atoms with van der Waals surface area (Å²) in [5.74, 6) is -1.50. The summed E-state index contributed by atoms with van der Waals surface area (Å²) >= 11 is 6.06. The van der Waals surface area contributed by atoms with Gasteiger partial charge in [0.05, 0.1) is 5.69 Å². The predicted octanol–water partition coefficient (Wildman–Crippen LogP) is 3.24. The van der Waals surface area contributed by atoms with Crippen LogP contribution in [0.1, 0.15) is 34.8 Å². The highest BCUT2D eigenvalue weighted by atomic mass is 35.5. The van der Waals surface area contributed by atoms with Gasteiger partial charge in [0.2, 0.25) is 0 Å². The van der Waals surface area contributed by atoms with Gasteiger partial charge in [-0.15, -0.1) is 0 Å². The number of halogens is 2. The summed E-state index contributed by atoms with van der Waals surface area (Å²) in [6, 6.07) is 5.99. The number of carboxylic acid groups (broad SMARTS) is 1. The normalized spacial score (nSPS) is 14.6. The van der Waals surface area contributed by atoms with Crippen LogP contribution in [-0.2, 0) is 0 Å². The molecule has 1 aliphatic carbocycles. The van der Waals surface area contributed by atoms with E-state index in [1.165, 1.54) is 12.1 Å². The van der Waals surface area contributed by atoms with Crippen molar-refractivity contribution in [3.63, 3.8) is 0 Å². The molecule has 1 N–H and O–H groups in total. The van der Waals surface area contributed by atoms with E-state index in [-0.39, 0.29) is 22.3 Å². The average Bonchev–Trinajstić information content (AvgIpc) is 3.14. The number of hydrogen-bond donors (Lipinski definition) is 1. The molecular weight excluding hydrogens is 271 g/mol. The highest BCUT2D eigenvalue weighted by molar-refractivity contribution is 6.33. The summed E-state index contributed by atoms with van der Waals surface area (Å²) < 4.78 is 14.9. The molecule has 1 aliphatic rings. The molecule has 0 spiro atoms. The zero-order chi connectivity index (χ0) is 13.6. The molecular formula is C13H10ClFN2O2. The minimum Gasteiger partial charge on any atom is -0.478 e. The van der Waals surface area contributed by atoms with Crippen LogP contribution >= 0.6 is 11.6 Å². The first-order valence-electron chi connectivity index (χ1n) is 5.86. The first kappa shape index (κ1) is 12.2. The first-order valence-corrected chi connectivity index (χ1v) is 6.24. The third-order valence-corrected chi connectivity index (χ3v) is 3.46. The average molecular weight is 281 g/mol. The van der Waals surface area contributed by atoms with Crippen molar-refractivity contribution in [2.24, 2.45) is 0 Å². The maximum absolute atomic E-state index is 13.7. The Labute approximate surface area is 113 Å². The lowest BCUT2D eigenvalue weighted by atomic mass is 10.2. The predicted molar refractivity (Wildman–Crippen MR) is 67.5 cm³/mol. The highest BCUT2D eigenvalue weighted by Crippen LogP contribution is 2.43. The minimum atomic E-state index is -1.13. The van der Waals surface area contributed by atoms with Crippen LogP contribution in [0.25, 0.3) is 5.69 Å². The molecule has 0 aliphatic heterocycles. The molecule has 0 amide bonds. The molecule has 0 saturated heterocycles. The molecule has 0 unspecified atom stereocenters. The molecule has 1 heterocycles. The van der Waals surface area contributed by atoms with Crippen LogP contribution in [-0.4, -0.2) is 20.9 Å². The summed E-state index contributed by atoms with van der Waals surface area (Å²) in [6.45, 7) is 0. The lowest BCUT2D eigenvalue weighted by molar-refractivity contribution is 0.0696. The van der Waals surface area contributed by atoms with Gasteiger partial charge in [-0.1, -0.05) is 23.7 Å². The van der Waals surface area contributed by atoms with Crippen LogP contribution in [0, 0.1) is 5.82 Å². The Kier molecular flexibility index (Phi) is 2.78. The van der Waals surface area contributed by atoms with Crippen molar-refractivity contribution in [1.82, 2.24) is 9.78 Å². The fourth-order valence-corrected chi connectivity index (χ4v) is 2.34. The number of nitrogens with zero attached hydrogens (tertiary/aromatic N) is 2. The van der Waals surface area contributed by atoms with E-state index < -0.39 is 11.8 Å². The summed E-state index contributed by atoms with van der Waals surface area (Å²) in [7, 11) is 0. The standard InChI is InChI=1S/C13H10ClFN2O2/c14-12-10(13(18)19)11(7-5-6-7)16-17(12)9-4-2-1-3-8(9)15/h1-4,7H,5-6H2,(H,18,19). The number of para-hydroxylation sites is 1. The number of hydrogen-bond acceptors (Lipinski definition) is 2. The van der Waals surface area contributed by atoms with Crippen molar-refractivity contribution in [2.45, 2.75) is 18.8 Å². The van der Waals surface area contributed by atoms with Crippen molar-refractivity contribution in [3.8, 4) is 5.69 Å². The molecule has 1 saturated carbocycles. The van der Waals surface area contributed by atoms with Gasteiger partial charge in [-0.25, -0.2) is 13.9 Å². The third kappa shape index (κ3) is 2.00. The number of benzene rings is 1. The molecule has 1 aromatic carbocycles. The molecule has 98 valence electrons. The second kappa shape index (κ2) is 4.35. The smallest absolute Gasteiger partial charge is 0.340 e. The topological polar surface area (TPSA) is 55.1 Å². The molecule has 2 aromatic rings. The quantitative estimate of drug-likeness (QED) is 0.939. The van der Waals surface area contributed by atoms with E-state index in [1.807, 2.05) is 0 Å². The molecule has 0 radical (unpaired) electrons. The molecule has 3 rings (SSSR count). The third-order valence-electron chi connectivity index (χ3n) is 3.11. The maximum Gasteiger partial charge on any atom is 0.340 e. The van der Waals surface area contributed by atoms with E-state index >= 15 is 0 Å². The zero-order valence-corrected chi connectivity index (χ0v) is 10.6. The van der Waals surface area contributed by atoms with Crippen LogP contribution in [0.15, 0.2) is 24.3 Å². The molecule has 19 heavy (non-hydrogen) atoms. The Bertz CT molecular complexity index is 665. The molecule has 4 nitrogen and oxygen atoms in total. The Morgan fingerprint density at radius 1 is 1.42 bits per heavy atom. The van der Waals surface area contributed by atoms with Gasteiger partial charge < -0.3 is 5.11 Å². The number of carboxylic acids is 1. The minimum absolute atomic E-state index is 0.0209. The van der Waals surface area contributed by atoms with Crippen LogP contribution < -0.4 is 0 Å². The second-order valence-corrected chi connectivity index (χ2v) is 4.85. The fraction of sp³-hybridized carbons (Fsp3) is 0.231. The Morgan fingerprint density at radius 3 is 2.68 bits per heavy atom. The van der Waals surface area contributed by atoms with Gasteiger partial charge >= 0.3 is 5.97 Å². The van der Waals surface area contributed by atoms with Gasteiger partial charge in [0.15, 0.2) is 0 Å². The van der Waals surface area contributed by atoms with Gasteiger partial charge in [0, 0.05) is 5.92 Å². The van der Waals surface area contributed by atoms with E-state index in [4.69, 9.17) is 11.6 Å². The largest absolute Gasteiger partial charge is 0.478 e. The fourth-order valence-electron chi connectivity index (χ4n) is 2.04. The highest BCUT2D eigenvalue weighted by Gasteiger charge is 2.34. The van der Waals surface area contributed by atoms with Crippen LogP contribution in [0.3, 0.4) is 0 Å². The Hall–Kier alpha value is -1.88. The number of carbonyl (C=O) groups is 1. The van der Waals surface area contributed by atoms with Crippen molar-refractivity contribution in [1.29, 1.82) is 0 Å². The zero-order valence-electron chi connectivity index (χ0n) is 9.81. The molecule has 6 heteroatoms. The maximum atomic E-state index is 13.7.